The first-order valence-corrected chi connectivity index (χ1v) is 11.9. The molecule has 6 nitrogen and oxygen atoms in total. The van der Waals surface area contributed by atoms with Crippen molar-refractivity contribution in [3.05, 3.63) is 98.1 Å². The first-order valence-electron chi connectivity index (χ1n) is 9.79. The van der Waals surface area contributed by atoms with Crippen LogP contribution in [0, 0.1) is 0 Å². The number of esters is 1. The molecule has 0 saturated carbocycles. The second-order valence-corrected chi connectivity index (χ2v) is 9.10. The number of rotatable bonds is 7. The highest BCUT2D eigenvalue weighted by Crippen LogP contribution is 2.30. The zero-order valence-corrected chi connectivity index (χ0v) is 19.7. The molecular weight excluding hydrogens is 480 g/mol. The first kappa shape index (κ1) is 22.8. The van der Waals surface area contributed by atoms with Crippen molar-refractivity contribution < 1.29 is 19.1 Å². The van der Waals surface area contributed by atoms with E-state index in [0.29, 0.717) is 26.4 Å². The van der Waals surface area contributed by atoms with Crippen molar-refractivity contribution >= 4 is 62.8 Å². The van der Waals surface area contributed by atoms with Crippen molar-refractivity contribution in [2.45, 2.75) is 13.5 Å². The molecule has 0 aliphatic rings. The topological polar surface area (TPSA) is 76.6 Å². The normalized spacial score (nSPS) is 10.6. The third kappa shape index (κ3) is 5.19. The summed E-state index contributed by atoms with van der Waals surface area (Å²) in [5.74, 6) is -1.08. The van der Waals surface area contributed by atoms with E-state index in [1.54, 1.807) is 66.0 Å². The second kappa shape index (κ2) is 10.1. The quantitative estimate of drug-likeness (QED) is 0.227. The third-order valence-electron chi connectivity index (χ3n) is 4.60. The van der Waals surface area contributed by atoms with Gasteiger partial charge in [-0.25, -0.2) is 9.78 Å². The van der Waals surface area contributed by atoms with Crippen molar-refractivity contribution in [2.24, 2.45) is 0 Å². The Labute approximate surface area is 203 Å². The molecule has 4 rings (SSSR count). The number of carbonyl (C=O) groups is 3. The summed E-state index contributed by atoms with van der Waals surface area (Å²) in [7, 11) is 0. The van der Waals surface area contributed by atoms with Gasteiger partial charge in [-0.1, -0.05) is 41.9 Å². The Hall–Kier alpha value is -3.33. The summed E-state index contributed by atoms with van der Waals surface area (Å²) in [6, 6.07) is 17.0. The van der Waals surface area contributed by atoms with Crippen LogP contribution in [0.2, 0.25) is 5.02 Å². The maximum Gasteiger partial charge on any atom is 0.339 e. The van der Waals surface area contributed by atoms with Gasteiger partial charge in [0.1, 0.15) is 6.61 Å². The molecule has 0 spiro atoms. The van der Waals surface area contributed by atoms with Gasteiger partial charge in [0.25, 0.3) is 0 Å². The molecule has 2 aromatic heterocycles. The van der Waals surface area contributed by atoms with E-state index in [9.17, 15) is 14.4 Å². The van der Waals surface area contributed by atoms with Gasteiger partial charge in [-0.05, 0) is 35.7 Å². The highest BCUT2D eigenvalue weighted by molar-refractivity contribution is 7.14. The highest BCUT2D eigenvalue weighted by atomic mass is 35.5. The summed E-state index contributed by atoms with van der Waals surface area (Å²) >= 11 is 8.62. The first-order chi connectivity index (χ1) is 15.9. The van der Waals surface area contributed by atoms with Gasteiger partial charge in [-0.3, -0.25) is 14.5 Å². The van der Waals surface area contributed by atoms with Crippen LogP contribution in [-0.2, 0) is 16.1 Å². The number of carbonyl (C=O) groups excluding carboxylic acids is 3. The SMILES string of the molecule is CC(=O)N(c1cccc(Cl)c1)c1nc(COC(=O)c2ccccc2C(=O)c2cccs2)cs1. The second-order valence-electron chi connectivity index (χ2n) is 6.88. The van der Waals surface area contributed by atoms with Crippen LogP contribution in [-0.4, -0.2) is 22.6 Å². The molecule has 0 N–H and O–H groups in total. The molecule has 9 heteroatoms. The number of thiophene rings is 1. The molecule has 0 bridgehead atoms. The van der Waals surface area contributed by atoms with Crippen LogP contribution >= 0.6 is 34.3 Å². The summed E-state index contributed by atoms with van der Waals surface area (Å²) in [5.41, 5.74) is 1.55. The number of aromatic nitrogens is 1. The van der Waals surface area contributed by atoms with Gasteiger partial charge in [0, 0.05) is 22.9 Å². The predicted molar refractivity (Wildman–Crippen MR) is 130 cm³/mol. The molecule has 0 radical (unpaired) electrons. The lowest BCUT2D eigenvalue weighted by Gasteiger charge is -2.18. The highest BCUT2D eigenvalue weighted by Gasteiger charge is 2.21. The number of ketones is 1. The third-order valence-corrected chi connectivity index (χ3v) is 6.58. The molecule has 0 atom stereocenters. The number of amides is 1. The van der Waals surface area contributed by atoms with Crippen molar-refractivity contribution in [1.82, 2.24) is 4.98 Å². The molecule has 0 fully saturated rings. The van der Waals surface area contributed by atoms with Gasteiger partial charge in [0.2, 0.25) is 11.7 Å². The molecule has 2 aromatic carbocycles. The molecule has 4 aromatic rings. The fourth-order valence-electron chi connectivity index (χ4n) is 3.12. The van der Waals surface area contributed by atoms with E-state index in [1.165, 1.54) is 34.5 Å². The average molecular weight is 497 g/mol. The van der Waals surface area contributed by atoms with Crippen LogP contribution in [0.25, 0.3) is 0 Å². The van der Waals surface area contributed by atoms with Crippen LogP contribution < -0.4 is 4.90 Å². The van der Waals surface area contributed by atoms with E-state index in [2.05, 4.69) is 4.98 Å². The van der Waals surface area contributed by atoms with E-state index in [-0.39, 0.29) is 29.4 Å². The smallest absolute Gasteiger partial charge is 0.339 e. The number of thiazole rings is 1. The van der Waals surface area contributed by atoms with E-state index in [1.807, 2.05) is 5.38 Å². The van der Waals surface area contributed by atoms with Crippen LogP contribution in [0.3, 0.4) is 0 Å². The Balaban J connectivity index is 1.50. The Morgan fingerprint density at radius 1 is 1.00 bits per heavy atom. The average Bonchev–Trinajstić information content (AvgIpc) is 3.50. The summed E-state index contributed by atoms with van der Waals surface area (Å²) in [6.45, 7) is 1.34. The Morgan fingerprint density at radius 3 is 2.48 bits per heavy atom. The lowest BCUT2D eigenvalue weighted by molar-refractivity contribution is -0.115. The Morgan fingerprint density at radius 2 is 1.79 bits per heavy atom. The number of benzene rings is 2. The van der Waals surface area contributed by atoms with E-state index in [4.69, 9.17) is 16.3 Å². The zero-order chi connectivity index (χ0) is 23.4. The minimum atomic E-state index is -0.622. The molecule has 0 saturated heterocycles. The van der Waals surface area contributed by atoms with Crippen LogP contribution in [0.1, 0.15) is 38.2 Å². The van der Waals surface area contributed by atoms with E-state index >= 15 is 0 Å². The monoisotopic (exact) mass is 496 g/mol. The summed E-state index contributed by atoms with van der Waals surface area (Å²) in [5, 5.41) is 4.46. The van der Waals surface area contributed by atoms with E-state index < -0.39 is 5.97 Å². The van der Waals surface area contributed by atoms with Gasteiger partial charge < -0.3 is 4.74 Å². The summed E-state index contributed by atoms with van der Waals surface area (Å²) in [6.07, 6.45) is 0. The predicted octanol–water partition coefficient (Wildman–Crippen LogP) is 6.13. The number of hydrogen-bond acceptors (Lipinski definition) is 7. The molecule has 33 heavy (non-hydrogen) atoms. The number of anilines is 2. The van der Waals surface area contributed by atoms with Gasteiger partial charge in [0.15, 0.2) is 5.13 Å². The maximum atomic E-state index is 12.8. The van der Waals surface area contributed by atoms with Gasteiger partial charge in [-0.15, -0.1) is 22.7 Å². The molecule has 1 amide bonds. The Kier molecular flexibility index (Phi) is 6.98. The van der Waals surface area contributed by atoms with Crippen molar-refractivity contribution in [3.63, 3.8) is 0 Å². The van der Waals surface area contributed by atoms with E-state index in [0.717, 1.165) is 0 Å². The summed E-state index contributed by atoms with van der Waals surface area (Å²) < 4.78 is 5.43. The zero-order valence-electron chi connectivity index (χ0n) is 17.4. The standard InChI is InChI=1S/C24H17ClN2O4S2/c1-15(28)27(18-7-4-6-16(25)12-18)24-26-17(14-33-24)13-31-23(30)20-9-3-2-8-19(20)22(29)21-10-5-11-32-21/h2-12,14H,13H2,1H3. The molecule has 166 valence electrons. The van der Waals surface area contributed by atoms with Gasteiger partial charge in [0.05, 0.1) is 21.8 Å². The van der Waals surface area contributed by atoms with Crippen molar-refractivity contribution in [1.29, 1.82) is 0 Å². The largest absolute Gasteiger partial charge is 0.456 e. The minimum Gasteiger partial charge on any atom is -0.456 e. The van der Waals surface area contributed by atoms with Crippen LogP contribution in [0.15, 0.2) is 71.4 Å². The molecule has 0 unspecified atom stereocenters. The maximum absolute atomic E-state index is 12.8. The molecule has 0 aliphatic heterocycles. The van der Waals surface area contributed by atoms with Crippen LogP contribution in [0.4, 0.5) is 10.8 Å². The number of nitrogens with zero attached hydrogens (tertiary/aromatic N) is 2. The number of hydrogen-bond donors (Lipinski definition) is 0. The fraction of sp³-hybridized carbons (Fsp3) is 0.0833. The van der Waals surface area contributed by atoms with Crippen molar-refractivity contribution in [2.75, 3.05) is 4.90 Å². The fourth-order valence-corrected chi connectivity index (χ4v) is 4.86. The summed E-state index contributed by atoms with van der Waals surface area (Å²) in [4.78, 5) is 44.2. The van der Waals surface area contributed by atoms with Gasteiger partial charge in [-0.2, -0.15) is 0 Å². The number of ether oxygens (including phenoxy) is 1. The molecule has 0 aliphatic carbocycles. The number of halogens is 1. The lowest BCUT2D eigenvalue weighted by atomic mass is 10.0. The minimum absolute atomic E-state index is 0.0991. The molecule has 2 heterocycles. The van der Waals surface area contributed by atoms with Crippen molar-refractivity contribution in [3.8, 4) is 0 Å². The Bertz CT molecular complexity index is 1320. The lowest BCUT2D eigenvalue weighted by Crippen LogP contribution is -2.22. The molecular formula is C24H17ClN2O4S2. The van der Waals surface area contributed by atoms with Crippen LogP contribution in [0.5, 0.6) is 0 Å². The van der Waals surface area contributed by atoms with Gasteiger partial charge >= 0.3 is 5.97 Å².